The van der Waals surface area contributed by atoms with Gasteiger partial charge in [-0.1, -0.05) is 0 Å². The second kappa shape index (κ2) is 7.12. The number of benzene rings is 1. The van der Waals surface area contributed by atoms with Gasteiger partial charge >= 0.3 is 0 Å². The van der Waals surface area contributed by atoms with Crippen molar-refractivity contribution >= 4 is 0 Å². The number of aliphatic hydroxyl groups is 4. The smallest absolute Gasteiger partial charge is 0.229 e. The van der Waals surface area contributed by atoms with E-state index >= 15 is 0 Å². The van der Waals surface area contributed by atoms with Crippen LogP contribution in [0.5, 0.6) is 17.2 Å². The Hall–Kier alpha value is -1.58. The molecule has 1 aliphatic rings. The summed E-state index contributed by atoms with van der Waals surface area (Å²) < 4.78 is 21.0. The lowest BCUT2D eigenvalue weighted by Crippen LogP contribution is -2.60. The maximum Gasteiger partial charge on any atom is 0.229 e. The van der Waals surface area contributed by atoms with Gasteiger partial charge in [0.15, 0.2) is 0 Å². The highest BCUT2D eigenvalue weighted by Gasteiger charge is 2.44. The molecule has 124 valence electrons. The number of rotatable bonds is 5. The summed E-state index contributed by atoms with van der Waals surface area (Å²) in [6.07, 6.45) is -6.69. The number of methoxy groups -OCH3 is 2. The Kier molecular flexibility index (Phi) is 5.43. The van der Waals surface area contributed by atoms with E-state index in [2.05, 4.69) is 0 Å². The number of aliphatic hydroxyl groups excluding tert-OH is 4. The summed E-state index contributed by atoms with van der Waals surface area (Å²) in [4.78, 5) is 0. The molecule has 1 heterocycles. The van der Waals surface area contributed by atoms with E-state index in [4.69, 9.17) is 24.1 Å². The third-order valence-electron chi connectivity index (χ3n) is 3.43. The first-order valence-electron chi connectivity index (χ1n) is 6.70. The summed E-state index contributed by atoms with van der Waals surface area (Å²) in [5, 5.41) is 38.5. The topological polar surface area (TPSA) is 118 Å². The predicted molar refractivity (Wildman–Crippen MR) is 73.9 cm³/mol. The number of ether oxygens (including phenoxy) is 4. The molecule has 5 atom stereocenters. The van der Waals surface area contributed by atoms with Gasteiger partial charge in [0, 0.05) is 18.2 Å². The minimum atomic E-state index is -1.50. The zero-order chi connectivity index (χ0) is 16.3. The van der Waals surface area contributed by atoms with E-state index in [0.29, 0.717) is 11.5 Å². The van der Waals surface area contributed by atoms with Crippen LogP contribution in [0.1, 0.15) is 0 Å². The molecular formula is C14H20O8. The zero-order valence-corrected chi connectivity index (χ0v) is 12.2. The lowest BCUT2D eigenvalue weighted by Gasteiger charge is -2.39. The van der Waals surface area contributed by atoms with Crippen LogP contribution in [0.4, 0.5) is 0 Å². The van der Waals surface area contributed by atoms with Gasteiger partial charge in [-0.25, -0.2) is 0 Å². The summed E-state index contributed by atoms with van der Waals surface area (Å²) in [7, 11) is 2.96. The van der Waals surface area contributed by atoms with Gasteiger partial charge in [0.05, 0.1) is 20.8 Å². The molecule has 1 aromatic carbocycles. The van der Waals surface area contributed by atoms with Crippen LogP contribution in [0, 0.1) is 0 Å². The molecule has 0 radical (unpaired) electrons. The molecule has 0 spiro atoms. The van der Waals surface area contributed by atoms with Gasteiger partial charge in [-0.3, -0.25) is 0 Å². The van der Waals surface area contributed by atoms with E-state index in [1.807, 2.05) is 0 Å². The van der Waals surface area contributed by atoms with Gasteiger partial charge < -0.3 is 39.4 Å². The monoisotopic (exact) mass is 316 g/mol. The average molecular weight is 316 g/mol. The van der Waals surface area contributed by atoms with Crippen molar-refractivity contribution < 1.29 is 39.4 Å². The SMILES string of the molecule is COc1cc(OC)cc(OC2OC(CO)C(O)[C@H](O)C2O)c1. The van der Waals surface area contributed by atoms with Crippen LogP contribution < -0.4 is 14.2 Å². The highest BCUT2D eigenvalue weighted by Crippen LogP contribution is 2.30. The zero-order valence-electron chi connectivity index (χ0n) is 12.2. The van der Waals surface area contributed by atoms with Crippen molar-refractivity contribution in [3.05, 3.63) is 18.2 Å². The largest absolute Gasteiger partial charge is 0.496 e. The van der Waals surface area contributed by atoms with Crippen molar-refractivity contribution in [2.75, 3.05) is 20.8 Å². The molecule has 8 nitrogen and oxygen atoms in total. The maximum absolute atomic E-state index is 9.93. The van der Waals surface area contributed by atoms with Crippen molar-refractivity contribution in [1.82, 2.24) is 0 Å². The summed E-state index contributed by atoms with van der Waals surface area (Å²) in [6, 6.07) is 4.73. The van der Waals surface area contributed by atoms with Crippen molar-refractivity contribution in [2.24, 2.45) is 0 Å². The van der Waals surface area contributed by atoms with Crippen molar-refractivity contribution in [3.8, 4) is 17.2 Å². The highest BCUT2D eigenvalue weighted by molar-refractivity contribution is 5.42. The summed E-state index contributed by atoms with van der Waals surface area (Å²) in [5.74, 6) is 1.22. The van der Waals surface area contributed by atoms with E-state index in [9.17, 15) is 15.3 Å². The first-order chi connectivity index (χ1) is 10.5. The Morgan fingerprint density at radius 1 is 0.909 bits per heavy atom. The number of hydrogen-bond donors (Lipinski definition) is 4. The van der Waals surface area contributed by atoms with Crippen LogP contribution in [0.25, 0.3) is 0 Å². The minimum Gasteiger partial charge on any atom is -0.496 e. The van der Waals surface area contributed by atoms with Crippen LogP contribution in [0.15, 0.2) is 18.2 Å². The molecular weight excluding hydrogens is 296 g/mol. The molecule has 1 saturated heterocycles. The van der Waals surface area contributed by atoms with E-state index < -0.39 is 37.3 Å². The van der Waals surface area contributed by atoms with Gasteiger partial charge in [-0.05, 0) is 0 Å². The maximum atomic E-state index is 9.93. The van der Waals surface area contributed by atoms with Crippen LogP contribution in [0.2, 0.25) is 0 Å². The third kappa shape index (κ3) is 3.42. The highest BCUT2D eigenvalue weighted by atomic mass is 16.7. The Balaban J connectivity index is 2.18. The van der Waals surface area contributed by atoms with Crippen molar-refractivity contribution in [2.45, 2.75) is 30.7 Å². The van der Waals surface area contributed by atoms with Crippen LogP contribution in [-0.2, 0) is 4.74 Å². The molecule has 4 unspecified atom stereocenters. The van der Waals surface area contributed by atoms with Crippen LogP contribution in [0.3, 0.4) is 0 Å². The summed E-state index contributed by atoms with van der Waals surface area (Å²) in [6.45, 7) is -0.522. The molecule has 0 saturated carbocycles. The van der Waals surface area contributed by atoms with E-state index in [1.165, 1.54) is 14.2 Å². The van der Waals surface area contributed by atoms with E-state index in [1.54, 1.807) is 18.2 Å². The van der Waals surface area contributed by atoms with Gasteiger partial charge in [0.25, 0.3) is 0 Å². The first-order valence-corrected chi connectivity index (χ1v) is 6.70. The standard InChI is InChI=1S/C14H20O8/c1-19-7-3-8(20-2)5-9(4-7)21-14-13(18)12(17)11(16)10(6-15)22-14/h3-5,10-18H,6H2,1-2H3/t10?,11?,12-,13?,14?/m0/s1. The van der Waals surface area contributed by atoms with E-state index in [0.717, 1.165) is 0 Å². The third-order valence-corrected chi connectivity index (χ3v) is 3.43. The fourth-order valence-corrected chi connectivity index (χ4v) is 2.15. The molecule has 1 aliphatic heterocycles. The van der Waals surface area contributed by atoms with Gasteiger partial charge in [0.1, 0.15) is 41.7 Å². The fraction of sp³-hybridized carbons (Fsp3) is 0.571. The molecule has 8 heteroatoms. The molecule has 2 rings (SSSR count). The molecule has 0 aromatic heterocycles. The summed E-state index contributed by atoms with van der Waals surface area (Å²) >= 11 is 0. The molecule has 0 amide bonds. The molecule has 1 fully saturated rings. The Bertz CT molecular complexity index is 469. The summed E-state index contributed by atoms with van der Waals surface area (Å²) in [5.41, 5.74) is 0. The molecule has 0 aliphatic carbocycles. The predicted octanol–water partition coefficient (Wildman–Crippen LogP) is -1.12. The second-order valence-corrected chi connectivity index (χ2v) is 4.86. The Morgan fingerprint density at radius 2 is 1.45 bits per heavy atom. The lowest BCUT2D eigenvalue weighted by atomic mass is 9.99. The number of hydrogen-bond acceptors (Lipinski definition) is 8. The van der Waals surface area contributed by atoms with Gasteiger partial charge in [-0.15, -0.1) is 0 Å². The first kappa shape index (κ1) is 16.8. The average Bonchev–Trinajstić information content (AvgIpc) is 2.54. The van der Waals surface area contributed by atoms with Crippen molar-refractivity contribution in [1.29, 1.82) is 0 Å². The lowest BCUT2D eigenvalue weighted by molar-refractivity contribution is -0.277. The minimum absolute atomic E-state index is 0.278. The Morgan fingerprint density at radius 3 is 1.95 bits per heavy atom. The van der Waals surface area contributed by atoms with Gasteiger partial charge in [-0.2, -0.15) is 0 Å². The molecule has 0 bridgehead atoms. The molecule has 22 heavy (non-hydrogen) atoms. The van der Waals surface area contributed by atoms with Crippen molar-refractivity contribution in [3.63, 3.8) is 0 Å². The molecule has 4 N–H and O–H groups in total. The quantitative estimate of drug-likeness (QED) is 0.540. The van der Waals surface area contributed by atoms with Crippen LogP contribution in [-0.4, -0.2) is 72.0 Å². The van der Waals surface area contributed by atoms with Crippen LogP contribution >= 0.6 is 0 Å². The van der Waals surface area contributed by atoms with Gasteiger partial charge in [0.2, 0.25) is 6.29 Å². The molecule has 1 aromatic rings. The normalized spacial score (nSPS) is 31.6. The Labute approximate surface area is 127 Å². The fourth-order valence-electron chi connectivity index (χ4n) is 2.15. The van der Waals surface area contributed by atoms with E-state index in [-0.39, 0.29) is 5.75 Å². The second-order valence-electron chi connectivity index (χ2n) is 4.86.